The summed E-state index contributed by atoms with van der Waals surface area (Å²) in [5, 5.41) is 0. The topological polar surface area (TPSA) is 67.8 Å². The van der Waals surface area contributed by atoms with Crippen molar-refractivity contribution in [3.05, 3.63) is 29.8 Å². The van der Waals surface area contributed by atoms with Gasteiger partial charge in [0.25, 0.3) is 0 Å². The zero-order valence-electron chi connectivity index (χ0n) is 10.1. The van der Waals surface area contributed by atoms with E-state index in [1.54, 1.807) is 12.1 Å². The molecule has 0 N–H and O–H groups in total. The van der Waals surface area contributed by atoms with Gasteiger partial charge in [-0.15, -0.1) is 0 Å². The zero-order chi connectivity index (χ0) is 13.0. The third-order valence-electron chi connectivity index (χ3n) is 2.85. The molecule has 18 heavy (non-hydrogen) atoms. The molecular weight excluding hydrogens is 256 g/mol. The Kier molecular flexibility index (Phi) is 4.34. The van der Waals surface area contributed by atoms with Crippen LogP contribution in [0.4, 0.5) is 0 Å². The van der Waals surface area contributed by atoms with Crippen molar-refractivity contribution in [2.24, 2.45) is 0 Å². The highest BCUT2D eigenvalue weighted by atomic mass is 32.2. The first-order chi connectivity index (χ1) is 8.57. The minimum absolute atomic E-state index is 0.312. The Bertz CT molecular complexity index is 411. The summed E-state index contributed by atoms with van der Waals surface area (Å²) in [4.78, 5) is 0. The molecule has 0 radical (unpaired) electrons. The van der Waals surface area contributed by atoms with Crippen molar-refractivity contribution in [3.63, 3.8) is 0 Å². The van der Waals surface area contributed by atoms with E-state index in [4.69, 9.17) is 9.47 Å². The van der Waals surface area contributed by atoms with Crippen molar-refractivity contribution in [2.75, 3.05) is 13.2 Å². The van der Waals surface area contributed by atoms with Crippen LogP contribution in [-0.4, -0.2) is 27.8 Å². The number of benzene rings is 1. The summed E-state index contributed by atoms with van der Waals surface area (Å²) in [7, 11) is 0. The molecule has 1 unspecified atom stereocenters. The monoisotopic (exact) mass is 271 g/mol. The van der Waals surface area contributed by atoms with Crippen molar-refractivity contribution in [1.82, 2.24) is 0 Å². The molecule has 0 aliphatic carbocycles. The lowest BCUT2D eigenvalue weighted by atomic mass is 10.1. The molecule has 1 atom stereocenters. The van der Waals surface area contributed by atoms with E-state index in [0.717, 1.165) is 18.4 Å². The largest absolute Gasteiger partial charge is 0.740 e. The van der Waals surface area contributed by atoms with Gasteiger partial charge in [0, 0.05) is 6.42 Å². The quantitative estimate of drug-likeness (QED) is 0.760. The van der Waals surface area contributed by atoms with Crippen LogP contribution in [0.25, 0.3) is 0 Å². The molecule has 0 saturated carbocycles. The first-order valence-electron chi connectivity index (χ1n) is 5.72. The normalized spacial score (nSPS) is 19.7. The highest BCUT2D eigenvalue weighted by molar-refractivity contribution is 7.74. The van der Waals surface area contributed by atoms with E-state index in [1.165, 1.54) is 0 Å². The summed E-state index contributed by atoms with van der Waals surface area (Å²) in [6, 6.07) is 6.93. The van der Waals surface area contributed by atoms with Crippen LogP contribution < -0.4 is 4.18 Å². The van der Waals surface area contributed by atoms with Crippen LogP contribution in [0.5, 0.6) is 5.75 Å². The van der Waals surface area contributed by atoms with E-state index in [0.29, 0.717) is 19.0 Å². The van der Waals surface area contributed by atoms with E-state index in [9.17, 15) is 8.76 Å². The molecular formula is C12H15O5S-. The Morgan fingerprint density at radius 1 is 1.33 bits per heavy atom. The van der Waals surface area contributed by atoms with Gasteiger partial charge in [0.1, 0.15) is 17.1 Å². The van der Waals surface area contributed by atoms with Gasteiger partial charge in [-0.05, 0) is 31.0 Å². The minimum atomic E-state index is -2.53. The Morgan fingerprint density at radius 3 is 2.50 bits per heavy atom. The van der Waals surface area contributed by atoms with Gasteiger partial charge in [-0.2, -0.15) is 0 Å². The molecule has 1 aliphatic heterocycles. The lowest BCUT2D eigenvalue weighted by Gasteiger charge is -2.22. The standard InChI is InChI=1S/C12H16O5S/c1-12(15-8-9-16-12)7-6-10-2-4-11(5-3-10)17-18(13)14/h2-5H,6-9H2,1H3,(H,13,14)/p-1. The molecule has 0 amide bonds. The second-order valence-electron chi connectivity index (χ2n) is 4.26. The molecule has 5 nitrogen and oxygen atoms in total. The molecule has 1 aromatic rings. The SMILES string of the molecule is CC1(CCc2ccc(OS(=O)[O-])cc2)OCCO1. The Balaban J connectivity index is 1.88. The highest BCUT2D eigenvalue weighted by Crippen LogP contribution is 2.25. The Morgan fingerprint density at radius 2 is 1.94 bits per heavy atom. The van der Waals surface area contributed by atoms with Crippen LogP contribution in [0.1, 0.15) is 18.9 Å². The average Bonchev–Trinajstić information content (AvgIpc) is 2.75. The number of rotatable bonds is 5. The smallest absolute Gasteiger partial charge is 0.166 e. The predicted molar refractivity (Wildman–Crippen MR) is 64.6 cm³/mol. The van der Waals surface area contributed by atoms with E-state index in [1.807, 2.05) is 19.1 Å². The number of hydrogen-bond donors (Lipinski definition) is 0. The molecule has 1 aromatic carbocycles. The second-order valence-corrected chi connectivity index (χ2v) is 4.84. The molecule has 0 bridgehead atoms. The molecule has 1 fully saturated rings. The van der Waals surface area contributed by atoms with Crippen LogP contribution in [0.15, 0.2) is 24.3 Å². The van der Waals surface area contributed by atoms with Gasteiger partial charge >= 0.3 is 0 Å². The second kappa shape index (κ2) is 5.79. The summed E-state index contributed by atoms with van der Waals surface area (Å²) in [5.41, 5.74) is 1.08. The molecule has 0 aromatic heterocycles. The number of ether oxygens (including phenoxy) is 2. The summed E-state index contributed by atoms with van der Waals surface area (Å²) >= 11 is -2.53. The lowest BCUT2D eigenvalue weighted by Crippen LogP contribution is -2.26. The first-order valence-corrected chi connectivity index (χ1v) is 6.72. The third kappa shape index (κ3) is 3.78. The van der Waals surface area contributed by atoms with Gasteiger partial charge in [0.15, 0.2) is 5.79 Å². The van der Waals surface area contributed by atoms with E-state index in [2.05, 4.69) is 4.18 Å². The molecule has 1 heterocycles. The summed E-state index contributed by atoms with van der Waals surface area (Å²) in [6.45, 7) is 3.20. The number of aryl methyl sites for hydroxylation is 1. The number of hydrogen-bond acceptors (Lipinski definition) is 5. The summed E-state index contributed by atoms with van der Waals surface area (Å²) in [6.07, 6.45) is 1.57. The van der Waals surface area contributed by atoms with Crippen LogP contribution in [0.3, 0.4) is 0 Å². The fraction of sp³-hybridized carbons (Fsp3) is 0.500. The van der Waals surface area contributed by atoms with Crippen molar-refractivity contribution >= 4 is 11.4 Å². The van der Waals surface area contributed by atoms with Gasteiger partial charge in [0.2, 0.25) is 0 Å². The molecule has 1 aliphatic rings. The zero-order valence-corrected chi connectivity index (χ0v) is 10.9. The molecule has 100 valence electrons. The summed E-state index contributed by atoms with van der Waals surface area (Å²) in [5.74, 6) is -0.183. The van der Waals surface area contributed by atoms with Crippen LogP contribution in [-0.2, 0) is 27.3 Å². The van der Waals surface area contributed by atoms with Gasteiger partial charge in [-0.3, -0.25) is 0 Å². The maximum atomic E-state index is 10.3. The highest BCUT2D eigenvalue weighted by Gasteiger charge is 2.30. The van der Waals surface area contributed by atoms with Crippen LogP contribution in [0.2, 0.25) is 0 Å². The fourth-order valence-corrected chi connectivity index (χ4v) is 2.13. The van der Waals surface area contributed by atoms with Crippen LogP contribution in [0, 0.1) is 0 Å². The van der Waals surface area contributed by atoms with E-state index < -0.39 is 17.1 Å². The van der Waals surface area contributed by atoms with E-state index in [-0.39, 0.29) is 0 Å². The maximum absolute atomic E-state index is 10.3. The van der Waals surface area contributed by atoms with Gasteiger partial charge in [0.05, 0.1) is 13.2 Å². The fourth-order valence-electron chi connectivity index (χ4n) is 1.86. The first kappa shape index (κ1) is 13.5. The van der Waals surface area contributed by atoms with E-state index >= 15 is 0 Å². The lowest BCUT2D eigenvalue weighted by molar-refractivity contribution is -0.146. The third-order valence-corrected chi connectivity index (χ3v) is 3.18. The predicted octanol–water partition coefficient (Wildman–Crippen LogP) is 1.56. The average molecular weight is 271 g/mol. The van der Waals surface area contributed by atoms with Crippen molar-refractivity contribution in [3.8, 4) is 5.75 Å². The molecule has 0 spiro atoms. The van der Waals surface area contributed by atoms with Crippen LogP contribution >= 0.6 is 0 Å². The maximum Gasteiger partial charge on any atom is 0.166 e. The minimum Gasteiger partial charge on any atom is -0.740 e. The van der Waals surface area contributed by atoms with Gasteiger partial charge in [-0.1, -0.05) is 12.1 Å². The Hall–Kier alpha value is -0.950. The van der Waals surface area contributed by atoms with Gasteiger partial charge in [-0.25, -0.2) is 4.21 Å². The van der Waals surface area contributed by atoms with Gasteiger partial charge < -0.3 is 18.2 Å². The van der Waals surface area contributed by atoms with Crippen molar-refractivity contribution in [1.29, 1.82) is 0 Å². The summed E-state index contributed by atoms with van der Waals surface area (Å²) < 4.78 is 36.2. The van der Waals surface area contributed by atoms with Crippen molar-refractivity contribution in [2.45, 2.75) is 25.6 Å². The molecule has 1 saturated heterocycles. The molecule has 2 rings (SSSR count). The van der Waals surface area contributed by atoms with Crippen molar-refractivity contribution < 1.29 is 22.4 Å². The molecule has 6 heteroatoms. The Labute approximate surface area is 109 Å².